The first-order chi connectivity index (χ1) is 11.5. The van der Waals surface area contributed by atoms with E-state index in [-0.39, 0.29) is 17.2 Å². The van der Waals surface area contributed by atoms with Crippen LogP contribution in [0.5, 0.6) is 5.75 Å². The molecule has 0 unspecified atom stereocenters. The first-order valence-corrected chi connectivity index (χ1v) is 8.26. The van der Waals surface area contributed by atoms with Gasteiger partial charge in [-0.1, -0.05) is 20.8 Å². The maximum Gasteiger partial charge on any atom is 0.569 e. The Kier molecular flexibility index (Phi) is 8.33. The Labute approximate surface area is 144 Å². The van der Waals surface area contributed by atoms with Crippen molar-refractivity contribution in [2.45, 2.75) is 40.0 Å². The second kappa shape index (κ2) is 9.98. The highest BCUT2D eigenvalue weighted by molar-refractivity contribution is 6.17. The van der Waals surface area contributed by atoms with E-state index in [1.54, 1.807) is 24.3 Å². The molecule has 3 N–H and O–H groups in total. The average molecular weight is 333 g/mol. The van der Waals surface area contributed by atoms with Crippen molar-refractivity contribution < 1.29 is 19.3 Å². The first kappa shape index (κ1) is 20.0. The number of carbonyl (C=O) groups is 2. The minimum Gasteiger partial charge on any atom is -0.537 e. The van der Waals surface area contributed by atoms with E-state index in [0.29, 0.717) is 38.5 Å². The number of carbonyl (C=O) groups excluding carboxylic acids is 2. The van der Waals surface area contributed by atoms with Gasteiger partial charge in [0.1, 0.15) is 5.75 Å². The average Bonchev–Trinajstić information content (AvgIpc) is 2.61. The molecular formula is C17H26BN2O4. The zero-order chi connectivity index (χ0) is 18.0. The Morgan fingerprint density at radius 3 is 2.25 bits per heavy atom. The van der Waals surface area contributed by atoms with Crippen LogP contribution in [0.4, 0.5) is 0 Å². The van der Waals surface area contributed by atoms with E-state index in [0.717, 1.165) is 12.8 Å². The van der Waals surface area contributed by atoms with Crippen LogP contribution in [0.3, 0.4) is 0 Å². The molecular weight excluding hydrogens is 307 g/mol. The summed E-state index contributed by atoms with van der Waals surface area (Å²) in [6, 6.07) is 6.42. The van der Waals surface area contributed by atoms with Gasteiger partial charge in [-0.25, -0.2) is 0 Å². The summed E-state index contributed by atoms with van der Waals surface area (Å²) in [7, 11) is 0.589. The molecule has 0 aromatic heterocycles. The highest BCUT2D eigenvalue weighted by Crippen LogP contribution is 2.25. The first-order valence-electron chi connectivity index (χ1n) is 8.26. The largest absolute Gasteiger partial charge is 0.569 e. The predicted molar refractivity (Wildman–Crippen MR) is 93.7 cm³/mol. The van der Waals surface area contributed by atoms with Crippen LogP contribution in [-0.4, -0.2) is 37.6 Å². The van der Waals surface area contributed by atoms with Crippen molar-refractivity contribution in [2.75, 3.05) is 13.1 Å². The third-order valence-electron chi connectivity index (χ3n) is 4.34. The Balaban J connectivity index is 2.30. The molecule has 1 aromatic carbocycles. The van der Waals surface area contributed by atoms with Gasteiger partial charge in [0.15, 0.2) is 0 Å². The molecule has 24 heavy (non-hydrogen) atoms. The molecule has 0 aliphatic rings. The van der Waals surface area contributed by atoms with Crippen molar-refractivity contribution in [2.24, 2.45) is 5.41 Å². The number of hydrogen-bond acceptors (Lipinski definition) is 4. The number of hydrogen-bond donors (Lipinski definition) is 3. The lowest BCUT2D eigenvalue weighted by Crippen LogP contribution is -2.39. The van der Waals surface area contributed by atoms with Crippen LogP contribution >= 0.6 is 0 Å². The van der Waals surface area contributed by atoms with Crippen LogP contribution in [-0.2, 0) is 4.79 Å². The lowest BCUT2D eigenvalue weighted by molar-refractivity contribution is -0.130. The fourth-order valence-corrected chi connectivity index (χ4v) is 2.12. The molecule has 131 valence electrons. The summed E-state index contributed by atoms with van der Waals surface area (Å²) < 4.78 is 4.78. The van der Waals surface area contributed by atoms with Crippen molar-refractivity contribution in [3.63, 3.8) is 0 Å². The van der Waals surface area contributed by atoms with Crippen molar-refractivity contribution in [3.05, 3.63) is 29.8 Å². The summed E-state index contributed by atoms with van der Waals surface area (Å²) in [6.45, 7) is 7.01. The van der Waals surface area contributed by atoms with Crippen LogP contribution in [0.25, 0.3) is 0 Å². The van der Waals surface area contributed by atoms with E-state index in [1.807, 2.05) is 20.8 Å². The van der Waals surface area contributed by atoms with Crippen LogP contribution < -0.4 is 15.3 Å². The molecule has 6 nitrogen and oxygen atoms in total. The van der Waals surface area contributed by atoms with Crippen LogP contribution in [0, 0.1) is 5.41 Å². The molecule has 1 rings (SSSR count). The minimum absolute atomic E-state index is 0.0649. The van der Waals surface area contributed by atoms with Gasteiger partial charge in [-0.05, 0) is 43.5 Å². The van der Waals surface area contributed by atoms with E-state index in [1.165, 1.54) is 0 Å². The lowest BCUT2D eigenvalue weighted by Gasteiger charge is -2.25. The van der Waals surface area contributed by atoms with Gasteiger partial charge in [0.2, 0.25) is 5.91 Å². The third kappa shape index (κ3) is 5.89. The smallest absolute Gasteiger partial charge is 0.537 e. The minimum atomic E-state index is -0.320. The third-order valence-corrected chi connectivity index (χ3v) is 4.34. The summed E-state index contributed by atoms with van der Waals surface area (Å²) in [4.78, 5) is 24.1. The van der Waals surface area contributed by atoms with Crippen LogP contribution in [0.2, 0.25) is 0 Å². The molecule has 0 saturated heterocycles. The van der Waals surface area contributed by atoms with Gasteiger partial charge >= 0.3 is 7.69 Å². The molecule has 1 aromatic rings. The van der Waals surface area contributed by atoms with Gasteiger partial charge in [-0.2, -0.15) is 0 Å². The van der Waals surface area contributed by atoms with Crippen LogP contribution in [0.1, 0.15) is 50.4 Å². The van der Waals surface area contributed by atoms with Gasteiger partial charge in [0.05, 0.1) is 0 Å². The SMILES string of the molecule is CCC(C)(CC)C(=O)NCCCNC(=O)c1ccc(O[B]O)cc1. The topological polar surface area (TPSA) is 87.7 Å². The summed E-state index contributed by atoms with van der Waals surface area (Å²) in [5, 5.41) is 14.3. The van der Waals surface area contributed by atoms with Crippen molar-refractivity contribution in [3.8, 4) is 5.75 Å². The highest BCUT2D eigenvalue weighted by Gasteiger charge is 2.28. The molecule has 0 aliphatic carbocycles. The molecule has 0 atom stereocenters. The number of amides is 2. The van der Waals surface area contributed by atoms with E-state index in [9.17, 15) is 9.59 Å². The van der Waals surface area contributed by atoms with Gasteiger partial charge in [0, 0.05) is 24.1 Å². The van der Waals surface area contributed by atoms with E-state index in [2.05, 4.69) is 10.6 Å². The lowest BCUT2D eigenvalue weighted by atomic mass is 9.84. The van der Waals surface area contributed by atoms with Gasteiger partial charge in [-0.15, -0.1) is 0 Å². The quantitative estimate of drug-likeness (QED) is 0.449. The predicted octanol–water partition coefficient (Wildman–Crippen LogP) is 1.65. The number of benzene rings is 1. The fraction of sp³-hybridized carbons (Fsp3) is 0.529. The molecule has 1 radical (unpaired) electrons. The fourth-order valence-electron chi connectivity index (χ4n) is 2.12. The molecule has 0 fully saturated rings. The summed E-state index contributed by atoms with van der Waals surface area (Å²) in [6.07, 6.45) is 2.28. The van der Waals surface area contributed by atoms with E-state index < -0.39 is 0 Å². The van der Waals surface area contributed by atoms with Gasteiger partial charge in [0.25, 0.3) is 5.91 Å². The molecule has 7 heteroatoms. The molecule has 0 heterocycles. The van der Waals surface area contributed by atoms with Crippen molar-refractivity contribution in [1.82, 2.24) is 10.6 Å². The monoisotopic (exact) mass is 333 g/mol. The summed E-state index contributed by atoms with van der Waals surface area (Å²) >= 11 is 0. The maximum atomic E-state index is 12.1. The Morgan fingerprint density at radius 1 is 1.12 bits per heavy atom. The zero-order valence-electron chi connectivity index (χ0n) is 14.6. The summed E-state index contributed by atoms with van der Waals surface area (Å²) in [5.74, 6) is 0.328. The maximum absolute atomic E-state index is 12.1. The Bertz CT molecular complexity index is 530. The summed E-state index contributed by atoms with van der Waals surface area (Å²) in [5.41, 5.74) is 0.188. The van der Waals surface area contributed by atoms with Gasteiger partial charge in [-0.3, -0.25) is 9.59 Å². The van der Waals surface area contributed by atoms with Crippen molar-refractivity contribution >= 4 is 19.5 Å². The molecule has 2 amide bonds. The normalized spacial score (nSPS) is 10.8. The number of rotatable bonds is 10. The Hall–Kier alpha value is -2.02. The molecule has 0 bridgehead atoms. The van der Waals surface area contributed by atoms with E-state index >= 15 is 0 Å². The highest BCUT2D eigenvalue weighted by atomic mass is 16.5. The molecule has 0 saturated carbocycles. The molecule has 0 spiro atoms. The standard InChI is InChI=1S/C17H26BN2O4/c1-4-17(3,5-2)16(22)20-12-6-11-19-15(21)13-7-9-14(10-8-13)24-18-23/h7-10,23H,4-6,11-12H2,1-3H3,(H,19,21)(H,20,22). The molecule has 0 aliphatic heterocycles. The van der Waals surface area contributed by atoms with Crippen molar-refractivity contribution in [1.29, 1.82) is 0 Å². The second-order valence-electron chi connectivity index (χ2n) is 5.88. The number of nitrogens with one attached hydrogen (secondary N) is 2. The zero-order valence-corrected chi connectivity index (χ0v) is 14.6. The Morgan fingerprint density at radius 2 is 1.71 bits per heavy atom. The van der Waals surface area contributed by atoms with Gasteiger partial charge < -0.3 is 20.3 Å². The van der Waals surface area contributed by atoms with E-state index in [4.69, 9.17) is 9.68 Å². The van der Waals surface area contributed by atoms with Crippen LogP contribution in [0.15, 0.2) is 24.3 Å². The second-order valence-corrected chi connectivity index (χ2v) is 5.88.